The Morgan fingerprint density at radius 2 is 2.00 bits per heavy atom. The summed E-state index contributed by atoms with van der Waals surface area (Å²) in [4.78, 5) is 14.9. The van der Waals surface area contributed by atoms with Crippen molar-refractivity contribution in [2.24, 2.45) is 0 Å². The Balaban J connectivity index is 2.51. The predicted octanol–water partition coefficient (Wildman–Crippen LogP) is 2.38. The van der Waals surface area contributed by atoms with Gasteiger partial charge >= 0.3 is 5.97 Å². The van der Waals surface area contributed by atoms with Crippen LogP contribution in [0, 0.1) is 0 Å². The lowest BCUT2D eigenvalue weighted by molar-refractivity contribution is -0.136. The monoisotopic (exact) mass is 243 g/mol. The summed E-state index contributed by atoms with van der Waals surface area (Å²) in [6.45, 7) is 0. The summed E-state index contributed by atoms with van der Waals surface area (Å²) in [6.07, 6.45) is 3.11. The first-order valence-corrected chi connectivity index (χ1v) is 5.50. The molecule has 4 heteroatoms. The quantitative estimate of drug-likeness (QED) is 0.895. The lowest BCUT2D eigenvalue weighted by atomic mass is 10.0. The van der Waals surface area contributed by atoms with E-state index < -0.39 is 5.97 Å². The van der Waals surface area contributed by atoms with Gasteiger partial charge in [-0.25, -0.2) is 0 Å². The van der Waals surface area contributed by atoms with Crippen molar-refractivity contribution in [3.63, 3.8) is 0 Å². The molecule has 1 N–H and O–H groups in total. The second-order valence-electron chi connectivity index (χ2n) is 3.82. The average Bonchev–Trinajstić information content (AvgIpc) is 2.39. The highest BCUT2D eigenvalue weighted by molar-refractivity contribution is 5.76. The first kappa shape index (κ1) is 12.1. The summed E-state index contributed by atoms with van der Waals surface area (Å²) in [5.41, 5.74) is 2.33. The minimum absolute atomic E-state index is 0.100. The van der Waals surface area contributed by atoms with Crippen LogP contribution in [0.25, 0.3) is 11.1 Å². The van der Waals surface area contributed by atoms with Crippen LogP contribution >= 0.6 is 0 Å². The van der Waals surface area contributed by atoms with Gasteiger partial charge < -0.3 is 9.84 Å². The highest BCUT2D eigenvalue weighted by atomic mass is 16.5. The molecule has 1 aromatic heterocycles. The van der Waals surface area contributed by atoms with Gasteiger partial charge in [-0.1, -0.05) is 30.3 Å². The molecular weight excluding hydrogens is 230 g/mol. The topological polar surface area (TPSA) is 59.4 Å². The number of benzene rings is 1. The molecule has 0 aliphatic rings. The third-order valence-corrected chi connectivity index (χ3v) is 2.60. The molecule has 0 spiro atoms. The number of carboxylic acid groups (broad SMARTS) is 1. The van der Waals surface area contributed by atoms with Crippen LogP contribution in [0.15, 0.2) is 42.7 Å². The summed E-state index contributed by atoms with van der Waals surface area (Å²) in [7, 11) is 1.53. The molecule has 0 atom stereocenters. The molecule has 2 rings (SSSR count). The summed E-state index contributed by atoms with van der Waals surface area (Å²) in [5.74, 6) is -0.334. The van der Waals surface area contributed by atoms with E-state index in [2.05, 4.69) is 4.98 Å². The number of rotatable bonds is 4. The van der Waals surface area contributed by atoms with Crippen molar-refractivity contribution in [3.8, 4) is 16.9 Å². The zero-order valence-electron chi connectivity index (χ0n) is 9.96. The van der Waals surface area contributed by atoms with Crippen LogP contribution in [0.4, 0.5) is 0 Å². The molecule has 0 aliphatic carbocycles. The van der Waals surface area contributed by atoms with E-state index in [4.69, 9.17) is 9.84 Å². The number of aliphatic carboxylic acids is 1. The van der Waals surface area contributed by atoms with Gasteiger partial charge in [0, 0.05) is 23.5 Å². The normalized spacial score (nSPS) is 10.1. The summed E-state index contributed by atoms with van der Waals surface area (Å²) < 4.78 is 5.33. The van der Waals surface area contributed by atoms with Crippen molar-refractivity contribution < 1.29 is 14.6 Å². The van der Waals surface area contributed by atoms with Crippen molar-refractivity contribution in [1.82, 2.24) is 4.98 Å². The van der Waals surface area contributed by atoms with Crippen molar-refractivity contribution in [3.05, 3.63) is 48.3 Å². The number of nitrogens with zero attached hydrogens (tertiary/aromatic N) is 1. The molecule has 1 heterocycles. The van der Waals surface area contributed by atoms with Gasteiger partial charge in [-0.05, 0) is 5.56 Å². The summed E-state index contributed by atoms with van der Waals surface area (Å²) in [5, 5.41) is 8.87. The number of hydrogen-bond acceptors (Lipinski definition) is 3. The van der Waals surface area contributed by atoms with Crippen LogP contribution in [-0.4, -0.2) is 23.2 Å². The summed E-state index contributed by atoms with van der Waals surface area (Å²) in [6, 6.07) is 9.62. The fraction of sp³-hybridized carbons (Fsp3) is 0.143. The maximum Gasteiger partial charge on any atom is 0.308 e. The van der Waals surface area contributed by atoms with Crippen molar-refractivity contribution >= 4 is 5.97 Å². The second kappa shape index (κ2) is 5.31. The molecule has 0 amide bonds. The molecule has 0 unspecified atom stereocenters. The van der Waals surface area contributed by atoms with Gasteiger partial charge in [0.05, 0.1) is 13.5 Å². The zero-order chi connectivity index (χ0) is 13.0. The molecule has 0 fully saturated rings. The third kappa shape index (κ3) is 2.48. The molecule has 1 aromatic carbocycles. The Kier molecular flexibility index (Phi) is 3.57. The number of ether oxygens (including phenoxy) is 1. The number of aromatic nitrogens is 1. The average molecular weight is 243 g/mol. The maximum atomic E-state index is 10.8. The fourth-order valence-corrected chi connectivity index (χ4v) is 1.85. The molecule has 92 valence electrons. The highest BCUT2D eigenvalue weighted by Crippen LogP contribution is 2.32. The van der Waals surface area contributed by atoms with Crippen molar-refractivity contribution in [2.45, 2.75) is 6.42 Å². The van der Waals surface area contributed by atoms with E-state index >= 15 is 0 Å². The zero-order valence-corrected chi connectivity index (χ0v) is 9.96. The first-order valence-electron chi connectivity index (χ1n) is 5.50. The minimum Gasteiger partial charge on any atom is -0.496 e. The van der Waals surface area contributed by atoms with E-state index in [-0.39, 0.29) is 6.42 Å². The smallest absolute Gasteiger partial charge is 0.308 e. The van der Waals surface area contributed by atoms with Crippen LogP contribution in [0.5, 0.6) is 5.75 Å². The maximum absolute atomic E-state index is 10.8. The van der Waals surface area contributed by atoms with Crippen LogP contribution in [0.2, 0.25) is 0 Å². The predicted molar refractivity (Wildman–Crippen MR) is 67.6 cm³/mol. The van der Waals surface area contributed by atoms with Gasteiger partial charge in [0.15, 0.2) is 0 Å². The Hall–Kier alpha value is -2.36. The highest BCUT2D eigenvalue weighted by Gasteiger charge is 2.13. The second-order valence-corrected chi connectivity index (χ2v) is 3.82. The molecule has 2 aromatic rings. The molecule has 0 saturated heterocycles. The van der Waals surface area contributed by atoms with E-state index in [0.717, 1.165) is 11.1 Å². The van der Waals surface area contributed by atoms with E-state index in [9.17, 15) is 4.79 Å². The Morgan fingerprint density at radius 3 is 2.61 bits per heavy atom. The number of hydrogen-bond donors (Lipinski definition) is 1. The molecule has 18 heavy (non-hydrogen) atoms. The van der Waals surface area contributed by atoms with Crippen molar-refractivity contribution in [2.75, 3.05) is 7.11 Å². The SMILES string of the molecule is COc1c(CC(=O)O)cncc1-c1ccccc1. The van der Waals surface area contributed by atoms with Crippen LogP contribution < -0.4 is 4.74 Å². The van der Waals surface area contributed by atoms with Crippen LogP contribution in [0.1, 0.15) is 5.56 Å². The van der Waals surface area contributed by atoms with E-state index in [1.807, 2.05) is 30.3 Å². The van der Waals surface area contributed by atoms with Gasteiger partial charge in [0.2, 0.25) is 0 Å². The Labute approximate surface area is 105 Å². The van der Waals surface area contributed by atoms with E-state index in [1.165, 1.54) is 13.3 Å². The largest absolute Gasteiger partial charge is 0.496 e. The molecule has 0 bridgehead atoms. The van der Waals surface area contributed by atoms with Gasteiger partial charge in [-0.3, -0.25) is 9.78 Å². The number of carboxylic acids is 1. The lowest BCUT2D eigenvalue weighted by Gasteiger charge is -2.11. The van der Waals surface area contributed by atoms with Crippen molar-refractivity contribution in [1.29, 1.82) is 0 Å². The lowest BCUT2D eigenvalue weighted by Crippen LogP contribution is -2.04. The van der Waals surface area contributed by atoms with Gasteiger partial charge in [0.25, 0.3) is 0 Å². The first-order chi connectivity index (χ1) is 8.72. The molecular formula is C14H13NO3. The fourth-order valence-electron chi connectivity index (χ4n) is 1.85. The van der Waals surface area contributed by atoms with E-state index in [1.54, 1.807) is 6.20 Å². The number of pyridine rings is 1. The standard InChI is InChI=1S/C14H13NO3/c1-18-14-11(7-13(16)17)8-15-9-12(14)10-5-3-2-4-6-10/h2-6,8-9H,7H2,1H3,(H,16,17). The Morgan fingerprint density at radius 1 is 1.28 bits per heavy atom. The van der Waals surface area contributed by atoms with Gasteiger partial charge in [-0.15, -0.1) is 0 Å². The van der Waals surface area contributed by atoms with Gasteiger partial charge in [-0.2, -0.15) is 0 Å². The molecule has 0 aliphatic heterocycles. The molecule has 0 saturated carbocycles. The third-order valence-electron chi connectivity index (χ3n) is 2.60. The van der Waals surface area contributed by atoms with Crippen LogP contribution in [0.3, 0.4) is 0 Å². The van der Waals surface area contributed by atoms with Gasteiger partial charge in [0.1, 0.15) is 5.75 Å². The number of methoxy groups -OCH3 is 1. The minimum atomic E-state index is -0.902. The number of carbonyl (C=O) groups is 1. The molecule has 4 nitrogen and oxygen atoms in total. The summed E-state index contributed by atoms with van der Waals surface area (Å²) >= 11 is 0. The Bertz CT molecular complexity index is 552. The molecule has 0 radical (unpaired) electrons. The van der Waals surface area contributed by atoms with Crippen LogP contribution in [-0.2, 0) is 11.2 Å². The van der Waals surface area contributed by atoms with E-state index in [0.29, 0.717) is 11.3 Å².